The molecular formula is C11H15F3N2S. The second-order valence-corrected chi connectivity index (χ2v) is 4.56. The molecule has 0 aromatic carbocycles. The van der Waals surface area contributed by atoms with Gasteiger partial charge in [0, 0.05) is 12.6 Å². The van der Waals surface area contributed by atoms with E-state index in [-0.39, 0.29) is 5.82 Å². The van der Waals surface area contributed by atoms with Gasteiger partial charge in [0.05, 0.1) is 0 Å². The fourth-order valence-corrected chi connectivity index (χ4v) is 1.82. The molecule has 1 heterocycles. The first-order chi connectivity index (χ1) is 8.15. The quantitative estimate of drug-likeness (QED) is 0.603. The van der Waals surface area contributed by atoms with Gasteiger partial charge >= 0.3 is 0 Å². The van der Waals surface area contributed by atoms with Crippen LogP contribution < -0.4 is 5.32 Å². The van der Waals surface area contributed by atoms with Crippen molar-refractivity contribution in [1.29, 1.82) is 0 Å². The van der Waals surface area contributed by atoms with Crippen LogP contribution in [-0.4, -0.2) is 23.5 Å². The molecule has 1 rings (SSSR count). The predicted molar refractivity (Wildman–Crippen MR) is 64.8 cm³/mol. The number of nitrogens with zero attached hydrogens (tertiary/aromatic N) is 1. The van der Waals surface area contributed by atoms with Crippen LogP contribution in [0.4, 0.5) is 19.0 Å². The lowest BCUT2D eigenvalue weighted by molar-refractivity contribution is 0.466. The fraction of sp³-hybridized carbons (Fsp3) is 0.545. The summed E-state index contributed by atoms with van der Waals surface area (Å²) in [5, 5.41) is 2.66. The number of rotatable bonds is 7. The number of pyridine rings is 1. The first-order valence-electron chi connectivity index (χ1n) is 5.39. The van der Waals surface area contributed by atoms with Crippen LogP contribution in [0, 0.1) is 17.6 Å². The van der Waals surface area contributed by atoms with Crippen molar-refractivity contribution in [2.24, 2.45) is 0 Å². The summed E-state index contributed by atoms with van der Waals surface area (Å²) in [7, 11) is 0. The summed E-state index contributed by atoms with van der Waals surface area (Å²) < 4.78 is 38.4. The Morgan fingerprint density at radius 3 is 2.65 bits per heavy atom. The molecule has 0 bridgehead atoms. The number of nitrogens with one attached hydrogen (secondary N) is 1. The first-order valence-corrected chi connectivity index (χ1v) is 6.79. The molecule has 1 aromatic rings. The molecule has 6 heteroatoms. The number of aromatic nitrogens is 1. The largest absolute Gasteiger partial charge is 0.368 e. The Kier molecular flexibility index (Phi) is 6.18. The third-order valence-corrected chi connectivity index (χ3v) is 2.90. The average molecular weight is 264 g/mol. The van der Waals surface area contributed by atoms with Crippen molar-refractivity contribution in [1.82, 2.24) is 4.98 Å². The Hall–Kier alpha value is -0.910. The minimum atomic E-state index is -1.28. The summed E-state index contributed by atoms with van der Waals surface area (Å²) in [5.74, 6) is -2.55. The van der Waals surface area contributed by atoms with Crippen molar-refractivity contribution in [3.05, 3.63) is 23.6 Å². The Labute approximate surface area is 103 Å². The van der Waals surface area contributed by atoms with Crippen molar-refractivity contribution in [3.8, 4) is 0 Å². The van der Waals surface area contributed by atoms with E-state index in [1.165, 1.54) is 0 Å². The zero-order valence-electron chi connectivity index (χ0n) is 9.60. The monoisotopic (exact) mass is 264 g/mol. The molecule has 0 atom stereocenters. The van der Waals surface area contributed by atoms with Crippen LogP contribution >= 0.6 is 11.8 Å². The number of hydrogen-bond donors (Lipinski definition) is 1. The van der Waals surface area contributed by atoms with Crippen molar-refractivity contribution in [2.45, 2.75) is 19.3 Å². The van der Waals surface area contributed by atoms with Gasteiger partial charge in [0.15, 0.2) is 17.5 Å². The van der Waals surface area contributed by atoms with E-state index in [2.05, 4.69) is 10.3 Å². The van der Waals surface area contributed by atoms with E-state index in [0.717, 1.165) is 25.0 Å². The molecule has 17 heavy (non-hydrogen) atoms. The highest BCUT2D eigenvalue weighted by molar-refractivity contribution is 7.98. The molecule has 0 spiro atoms. The van der Waals surface area contributed by atoms with Gasteiger partial charge in [-0.1, -0.05) is 6.42 Å². The summed E-state index contributed by atoms with van der Waals surface area (Å²) in [6, 6.07) is 0.498. The van der Waals surface area contributed by atoms with Gasteiger partial charge in [0.25, 0.3) is 5.95 Å². The van der Waals surface area contributed by atoms with Crippen LogP contribution in [0.15, 0.2) is 6.07 Å². The first kappa shape index (κ1) is 14.2. The summed E-state index contributed by atoms with van der Waals surface area (Å²) in [4.78, 5) is 3.17. The van der Waals surface area contributed by atoms with Crippen LogP contribution in [0.2, 0.25) is 0 Å². The summed E-state index contributed by atoms with van der Waals surface area (Å²) >= 11 is 1.78. The minimum absolute atomic E-state index is 0.228. The van der Waals surface area contributed by atoms with Crippen molar-refractivity contribution in [2.75, 3.05) is 23.9 Å². The lowest BCUT2D eigenvalue weighted by atomic mass is 10.2. The van der Waals surface area contributed by atoms with Crippen LogP contribution in [0.5, 0.6) is 0 Å². The number of halogens is 3. The summed E-state index contributed by atoms with van der Waals surface area (Å²) in [5.41, 5.74) is 0. The zero-order valence-corrected chi connectivity index (χ0v) is 10.4. The number of thioether (sulfide) groups is 1. The number of hydrogen-bond acceptors (Lipinski definition) is 3. The maximum absolute atomic E-state index is 13.1. The van der Waals surface area contributed by atoms with Gasteiger partial charge in [-0.3, -0.25) is 0 Å². The lowest BCUT2D eigenvalue weighted by Gasteiger charge is -2.06. The summed E-state index contributed by atoms with van der Waals surface area (Å²) in [6.45, 7) is 0.503. The van der Waals surface area contributed by atoms with E-state index in [4.69, 9.17) is 0 Å². The Bertz CT molecular complexity index is 361. The number of anilines is 1. The number of unbranched alkanes of at least 4 members (excludes halogenated alkanes) is 2. The van der Waals surface area contributed by atoms with E-state index in [9.17, 15) is 13.2 Å². The molecule has 1 aromatic heterocycles. The molecule has 0 saturated heterocycles. The maximum Gasteiger partial charge on any atom is 0.251 e. The zero-order chi connectivity index (χ0) is 12.7. The normalized spacial score (nSPS) is 10.6. The highest BCUT2D eigenvalue weighted by Crippen LogP contribution is 2.14. The van der Waals surface area contributed by atoms with E-state index in [1.807, 2.05) is 6.26 Å². The van der Waals surface area contributed by atoms with Crippen LogP contribution in [-0.2, 0) is 0 Å². The molecule has 0 saturated carbocycles. The van der Waals surface area contributed by atoms with Crippen LogP contribution in [0.3, 0.4) is 0 Å². The Balaban J connectivity index is 2.34. The van der Waals surface area contributed by atoms with Crippen LogP contribution in [0.1, 0.15) is 19.3 Å². The molecule has 1 N–H and O–H groups in total. The standard InChI is InChI=1S/C11H15F3N2S/c1-17-6-4-2-3-5-15-11-9(13)7-8(12)10(14)16-11/h7H,2-6H2,1H3,(H,15,16). The van der Waals surface area contributed by atoms with Crippen LogP contribution in [0.25, 0.3) is 0 Å². The van der Waals surface area contributed by atoms with Gasteiger partial charge in [0.1, 0.15) is 0 Å². The van der Waals surface area contributed by atoms with Gasteiger partial charge in [-0.25, -0.2) is 8.78 Å². The second kappa shape index (κ2) is 7.42. The maximum atomic E-state index is 13.1. The highest BCUT2D eigenvalue weighted by Gasteiger charge is 2.10. The average Bonchev–Trinajstić information content (AvgIpc) is 2.30. The molecule has 0 unspecified atom stereocenters. The Morgan fingerprint density at radius 2 is 1.94 bits per heavy atom. The predicted octanol–water partition coefficient (Wildman–Crippen LogP) is 3.44. The SMILES string of the molecule is CSCCCCCNc1nc(F)c(F)cc1F. The molecule has 0 aliphatic carbocycles. The van der Waals surface area contributed by atoms with Gasteiger partial charge in [-0.05, 0) is 24.9 Å². The smallest absolute Gasteiger partial charge is 0.251 e. The molecule has 96 valence electrons. The van der Waals surface area contributed by atoms with E-state index in [1.54, 1.807) is 11.8 Å². The molecular weight excluding hydrogens is 249 g/mol. The van der Waals surface area contributed by atoms with Gasteiger partial charge in [-0.2, -0.15) is 21.1 Å². The lowest BCUT2D eigenvalue weighted by Crippen LogP contribution is -2.07. The second-order valence-electron chi connectivity index (χ2n) is 3.57. The minimum Gasteiger partial charge on any atom is -0.368 e. The molecule has 0 aliphatic heterocycles. The topological polar surface area (TPSA) is 24.9 Å². The molecule has 0 fully saturated rings. The molecule has 2 nitrogen and oxygen atoms in total. The van der Waals surface area contributed by atoms with Crippen molar-refractivity contribution in [3.63, 3.8) is 0 Å². The van der Waals surface area contributed by atoms with Crippen molar-refractivity contribution < 1.29 is 13.2 Å². The third kappa shape index (κ3) is 4.85. The van der Waals surface area contributed by atoms with Gasteiger partial charge in [-0.15, -0.1) is 0 Å². The summed E-state index contributed by atoms with van der Waals surface area (Å²) in [6.07, 6.45) is 5.00. The van der Waals surface area contributed by atoms with Gasteiger partial charge in [0.2, 0.25) is 0 Å². The highest BCUT2D eigenvalue weighted by atomic mass is 32.2. The van der Waals surface area contributed by atoms with E-state index < -0.39 is 17.6 Å². The molecule has 0 aliphatic rings. The van der Waals surface area contributed by atoms with E-state index in [0.29, 0.717) is 12.6 Å². The molecule has 0 radical (unpaired) electrons. The van der Waals surface area contributed by atoms with Gasteiger partial charge < -0.3 is 5.32 Å². The Morgan fingerprint density at radius 1 is 1.18 bits per heavy atom. The fourth-order valence-electron chi connectivity index (χ4n) is 1.32. The third-order valence-electron chi connectivity index (χ3n) is 2.20. The van der Waals surface area contributed by atoms with E-state index >= 15 is 0 Å². The van der Waals surface area contributed by atoms with Crippen molar-refractivity contribution >= 4 is 17.6 Å². The molecule has 0 amide bonds.